The molecule has 0 radical (unpaired) electrons. The fourth-order valence-corrected chi connectivity index (χ4v) is 7.49. The number of carbonyl (C=O) groups is 1. The van der Waals surface area contributed by atoms with Crippen molar-refractivity contribution in [2.24, 2.45) is 23.2 Å². The van der Waals surface area contributed by atoms with E-state index in [0.29, 0.717) is 11.1 Å². The number of amides is 1. The second-order valence-electron chi connectivity index (χ2n) is 11.0. The highest BCUT2D eigenvalue weighted by Gasteiger charge is 2.50. The molecule has 0 unspecified atom stereocenters. The first kappa shape index (κ1) is 19.7. The van der Waals surface area contributed by atoms with Gasteiger partial charge in [-0.3, -0.25) is 14.1 Å². The molecule has 0 atom stereocenters. The zero-order valence-electron chi connectivity index (χ0n) is 18.3. The van der Waals surface area contributed by atoms with E-state index < -0.39 is 0 Å². The van der Waals surface area contributed by atoms with E-state index in [-0.39, 0.29) is 12.0 Å². The first-order valence-electron chi connectivity index (χ1n) is 12.2. The smallest absolute Gasteiger partial charge is 0.268 e. The van der Waals surface area contributed by atoms with Crippen LogP contribution in [0.25, 0.3) is 5.65 Å². The minimum atomic E-state index is -0.165. The van der Waals surface area contributed by atoms with E-state index in [1.54, 1.807) is 0 Å². The van der Waals surface area contributed by atoms with E-state index in [1.807, 2.05) is 28.8 Å². The number of hydrogen-bond acceptors (Lipinski definition) is 4. The Morgan fingerprint density at radius 3 is 2.45 bits per heavy atom. The van der Waals surface area contributed by atoms with E-state index in [0.717, 1.165) is 68.1 Å². The van der Waals surface area contributed by atoms with Crippen LogP contribution in [-0.4, -0.2) is 51.0 Å². The first-order valence-corrected chi connectivity index (χ1v) is 12.2. The Morgan fingerprint density at radius 1 is 1.10 bits per heavy atom. The van der Waals surface area contributed by atoms with Crippen molar-refractivity contribution in [1.29, 1.82) is 0 Å². The van der Waals surface area contributed by atoms with Gasteiger partial charge in [0.1, 0.15) is 11.3 Å². The van der Waals surface area contributed by atoms with Crippen LogP contribution in [0.5, 0.6) is 0 Å². The van der Waals surface area contributed by atoms with Crippen molar-refractivity contribution in [2.45, 2.75) is 64.0 Å². The molecule has 3 heterocycles. The number of piperidine rings is 1. The monoisotopic (exact) mass is 422 g/mol. The Kier molecular flexibility index (Phi) is 4.83. The van der Waals surface area contributed by atoms with Crippen LogP contribution >= 0.6 is 0 Å². The van der Waals surface area contributed by atoms with Crippen molar-refractivity contribution in [3.63, 3.8) is 0 Å². The number of hydrogen-bond donors (Lipinski definition) is 2. The molecule has 2 aromatic rings. The van der Waals surface area contributed by atoms with E-state index in [1.165, 1.54) is 38.5 Å². The van der Waals surface area contributed by atoms with E-state index in [4.69, 9.17) is 4.98 Å². The van der Waals surface area contributed by atoms with Crippen LogP contribution < -0.4 is 5.32 Å². The molecule has 5 aliphatic rings. The molecule has 0 aromatic carbocycles. The number of carbonyl (C=O) groups excluding carboxylic acids is 1. The molecule has 5 fully saturated rings. The number of rotatable bonds is 5. The lowest BCUT2D eigenvalue weighted by Gasteiger charge is -2.56. The Labute approximate surface area is 184 Å². The van der Waals surface area contributed by atoms with E-state index in [9.17, 15) is 9.90 Å². The standard InChI is InChI=1S/C25H34N4O2/c30-21-4-6-28(7-5-21)14-20-15-29-22(2-1-3-23(29)27-20)24(31)26-16-25-11-17-8-18(12-25)10-19(9-17)13-25/h1-3,15,17-19,21,30H,4-14,16H2,(H,26,31). The summed E-state index contributed by atoms with van der Waals surface area (Å²) in [5.74, 6) is 2.72. The van der Waals surface area contributed by atoms with Crippen molar-refractivity contribution in [2.75, 3.05) is 19.6 Å². The normalized spacial score (nSPS) is 33.3. The van der Waals surface area contributed by atoms with Crippen molar-refractivity contribution in [3.05, 3.63) is 35.8 Å². The van der Waals surface area contributed by atoms with Crippen LogP contribution in [0.4, 0.5) is 0 Å². The number of fused-ring (bicyclic) bond motifs is 1. The van der Waals surface area contributed by atoms with Gasteiger partial charge >= 0.3 is 0 Å². The summed E-state index contributed by atoms with van der Waals surface area (Å²) < 4.78 is 1.95. The molecule has 0 spiro atoms. The van der Waals surface area contributed by atoms with Crippen LogP contribution in [0.1, 0.15) is 67.5 Å². The third kappa shape index (κ3) is 3.78. The molecule has 6 nitrogen and oxygen atoms in total. The second kappa shape index (κ2) is 7.59. The van der Waals surface area contributed by atoms with Gasteiger partial charge in [-0.15, -0.1) is 0 Å². The lowest BCUT2D eigenvalue weighted by Crippen LogP contribution is -2.51. The molecule has 1 saturated heterocycles. The highest BCUT2D eigenvalue weighted by molar-refractivity contribution is 5.93. The number of aliphatic hydroxyl groups excluding tert-OH is 1. The van der Waals surface area contributed by atoms with Crippen molar-refractivity contribution in [3.8, 4) is 0 Å². The zero-order valence-corrected chi connectivity index (χ0v) is 18.3. The molecular weight excluding hydrogens is 388 g/mol. The van der Waals surface area contributed by atoms with E-state index >= 15 is 0 Å². The highest BCUT2D eigenvalue weighted by atomic mass is 16.3. The summed E-state index contributed by atoms with van der Waals surface area (Å²) in [5, 5.41) is 13.0. The summed E-state index contributed by atoms with van der Waals surface area (Å²) in [6, 6.07) is 5.81. The largest absolute Gasteiger partial charge is 0.393 e. The number of nitrogens with one attached hydrogen (secondary N) is 1. The minimum absolute atomic E-state index is 0.0198. The summed E-state index contributed by atoms with van der Waals surface area (Å²) in [7, 11) is 0. The lowest BCUT2D eigenvalue weighted by atomic mass is 9.49. The number of aromatic nitrogens is 2. The zero-order chi connectivity index (χ0) is 21.0. The predicted octanol–water partition coefficient (Wildman–Crippen LogP) is 3.24. The maximum atomic E-state index is 13.2. The topological polar surface area (TPSA) is 69.9 Å². The average molecular weight is 423 g/mol. The van der Waals surface area contributed by atoms with E-state index in [2.05, 4.69) is 10.2 Å². The molecule has 166 valence electrons. The molecule has 7 rings (SSSR count). The Balaban J connectivity index is 1.16. The summed E-state index contributed by atoms with van der Waals surface area (Å²) in [4.78, 5) is 20.3. The fourth-order valence-electron chi connectivity index (χ4n) is 7.49. The summed E-state index contributed by atoms with van der Waals surface area (Å²) in [5.41, 5.74) is 2.83. The minimum Gasteiger partial charge on any atom is -0.393 e. The summed E-state index contributed by atoms with van der Waals surface area (Å²) in [6.07, 6.45) is 11.7. The van der Waals surface area contributed by atoms with Gasteiger partial charge in [0, 0.05) is 32.4 Å². The fraction of sp³-hybridized carbons (Fsp3) is 0.680. The number of aliphatic hydroxyl groups is 1. The van der Waals surface area contributed by atoms with Gasteiger partial charge in [0.05, 0.1) is 11.8 Å². The second-order valence-corrected chi connectivity index (χ2v) is 11.0. The van der Waals surface area contributed by atoms with Crippen LogP contribution in [0, 0.1) is 23.2 Å². The molecule has 2 aromatic heterocycles. The molecule has 4 aliphatic carbocycles. The molecule has 1 aliphatic heterocycles. The number of pyridine rings is 1. The third-order valence-corrected chi connectivity index (χ3v) is 8.51. The Bertz CT molecular complexity index is 940. The number of likely N-dealkylation sites (tertiary alicyclic amines) is 1. The molecule has 1 amide bonds. The highest BCUT2D eigenvalue weighted by Crippen LogP contribution is 2.59. The van der Waals surface area contributed by atoms with Crippen LogP contribution in [0.3, 0.4) is 0 Å². The first-order chi connectivity index (χ1) is 15.1. The molecule has 4 saturated carbocycles. The van der Waals surface area contributed by atoms with Crippen LogP contribution in [-0.2, 0) is 6.54 Å². The lowest BCUT2D eigenvalue weighted by molar-refractivity contribution is -0.0503. The molecule has 31 heavy (non-hydrogen) atoms. The van der Waals surface area contributed by atoms with Gasteiger partial charge in [-0.05, 0) is 86.7 Å². The Morgan fingerprint density at radius 2 is 1.77 bits per heavy atom. The third-order valence-electron chi connectivity index (χ3n) is 8.51. The molecular formula is C25H34N4O2. The van der Waals surface area contributed by atoms with Gasteiger partial charge in [0.25, 0.3) is 5.91 Å². The Hall–Kier alpha value is -1.92. The molecule has 4 bridgehead atoms. The summed E-state index contributed by atoms with van der Waals surface area (Å²) in [6.45, 7) is 3.38. The van der Waals surface area contributed by atoms with Gasteiger partial charge < -0.3 is 10.4 Å². The van der Waals surface area contributed by atoms with Gasteiger partial charge in [-0.2, -0.15) is 0 Å². The van der Waals surface area contributed by atoms with Gasteiger partial charge in [0.2, 0.25) is 0 Å². The summed E-state index contributed by atoms with van der Waals surface area (Å²) >= 11 is 0. The average Bonchev–Trinajstić information content (AvgIpc) is 3.15. The molecule has 2 N–H and O–H groups in total. The predicted molar refractivity (Wildman–Crippen MR) is 119 cm³/mol. The van der Waals surface area contributed by atoms with Crippen LogP contribution in [0.15, 0.2) is 24.4 Å². The van der Waals surface area contributed by atoms with Gasteiger partial charge in [-0.25, -0.2) is 4.98 Å². The SMILES string of the molecule is O=C(NCC12CC3CC(CC(C3)C1)C2)c1cccc2nc(CN3CCC(O)CC3)cn12. The van der Waals surface area contributed by atoms with Crippen molar-refractivity contribution in [1.82, 2.24) is 19.6 Å². The van der Waals surface area contributed by atoms with Crippen LogP contribution in [0.2, 0.25) is 0 Å². The van der Waals surface area contributed by atoms with Crippen molar-refractivity contribution >= 4 is 11.6 Å². The maximum absolute atomic E-state index is 13.2. The van der Waals surface area contributed by atoms with Gasteiger partial charge in [0.15, 0.2) is 0 Å². The van der Waals surface area contributed by atoms with Gasteiger partial charge in [-0.1, -0.05) is 6.07 Å². The number of imidazole rings is 1. The maximum Gasteiger partial charge on any atom is 0.268 e. The van der Waals surface area contributed by atoms with Crippen molar-refractivity contribution < 1.29 is 9.90 Å². The quantitative estimate of drug-likeness (QED) is 0.776. The molecule has 6 heteroatoms. The number of nitrogens with zero attached hydrogens (tertiary/aromatic N) is 3.